The lowest BCUT2D eigenvalue weighted by molar-refractivity contribution is -0.144. The Morgan fingerprint density at radius 3 is 2.75 bits per heavy atom. The molecule has 0 bridgehead atoms. The molecule has 0 aromatic carbocycles. The van der Waals surface area contributed by atoms with Crippen molar-refractivity contribution in [1.29, 1.82) is 0 Å². The third-order valence-electron chi connectivity index (χ3n) is 2.62. The number of nitrogens with one attached hydrogen (secondary N) is 1. The molecule has 3 nitrogen and oxygen atoms in total. The zero-order valence-corrected chi connectivity index (χ0v) is 7.76. The van der Waals surface area contributed by atoms with Crippen molar-refractivity contribution in [3.63, 3.8) is 0 Å². The summed E-state index contributed by atoms with van der Waals surface area (Å²) in [5.74, 6) is -0.203. The van der Waals surface area contributed by atoms with Gasteiger partial charge < -0.3 is 10.4 Å². The summed E-state index contributed by atoms with van der Waals surface area (Å²) < 4.78 is 0. The predicted molar refractivity (Wildman–Crippen MR) is 46.6 cm³/mol. The van der Waals surface area contributed by atoms with Gasteiger partial charge in [-0.05, 0) is 25.2 Å². The number of carbonyl (C=O) groups is 1. The minimum atomic E-state index is -1.13. The van der Waals surface area contributed by atoms with E-state index in [0.29, 0.717) is 13.0 Å². The number of hydrogen-bond acceptors (Lipinski definition) is 2. The average molecular weight is 171 g/mol. The molecule has 1 amide bonds. The van der Waals surface area contributed by atoms with Gasteiger partial charge in [0, 0.05) is 6.54 Å². The molecule has 1 saturated heterocycles. The molecule has 1 atom stereocenters. The van der Waals surface area contributed by atoms with Crippen LogP contribution in [0, 0.1) is 5.92 Å². The van der Waals surface area contributed by atoms with Crippen LogP contribution in [0.2, 0.25) is 0 Å². The van der Waals surface area contributed by atoms with Crippen molar-refractivity contribution in [3.05, 3.63) is 0 Å². The van der Waals surface area contributed by atoms with E-state index in [4.69, 9.17) is 0 Å². The van der Waals surface area contributed by atoms with Crippen LogP contribution in [0.1, 0.15) is 33.1 Å². The Kier molecular flexibility index (Phi) is 2.73. The molecular weight excluding hydrogens is 154 g/mol. The Balaban J connectivity index is 2.76. The average Bonchev–Trinajstić information content (AvgIpc) is 2.16. The van der Waals surface area contributed by atoms with Gasteiger partial charge in [-0.1, -0.05) is 13.8 Å². The van der Waals surface area contributed by atoms with Gasteiger partial charge in [0.15, 0.2) is 0 Å². The zero-order valence-electron chi connectivity index (χ0n) is 7.76. The summed E-state index contributed by atoms with van der Waals surface area (Å²) in [6.45, 7) is 4.46. The van der Waals surface area contributed by atoms with Crippen LogP contribution in [0.3, 0.4) is 0 Å². The normalized spacial score (nSPS) is 31.5. The maximum absolute atomic E-state index is 11.4. The highest BCUT2D eigenvalue weighted by Gasteiger charge is 2.39. The molecule has 70 valence electrons. The third kappa shape index (κ3) is 1.61. The SMILES string of the molecule is CC(C)C1(O)CCCCNC1=O. The van der Waals surface area contributed by atoms with Gasteiger partial charge in [0.1, 0.15) is 5.60 Å². The van der Waals surface area contributed by atoms with Gasteiger partial charge in [-0.15, -0.1) is 0 Å². The minimum Gasteiger partial charge on any atom is -0.380 e. The summed E-state index contributed by atoms with van der Waals surface area (Å²) in [6, 6.07) is 0. The number of amides is 1. The van der Waals surface area contributed by atoms with Crippen molar-refractivity contribution in [2.24, 2.45) is 5.92 Å². The second-order valence-electron chi connectivity index (χ2n) is 3.79. The van der Waals surface area contributed by atoms with Crippen molar-refractivity contribution >= 4 is 5.91 Å². The molecule has 1 fully saturated rings. The van der Waals surface area contributed by atoms with Crippen LogP contribution < -0.4 is 5.32 Å². The largest absolute Gasteiger partial charge is 0.380 e. The smallest absolute Gasteiger partial charge is 0.252 e. The summed E-state index contributed by atoms with van der Waals surface area (Å²) >= 11 is 0. The van der Waals surface area contributed by atoms with Gasteiger partial charge in [0.25, 0.3) is 5.91 Å². The minimum absolute atomic E-state index is 0.00407. The molecule has 1 unspecified atom stereocenters. The summed E-state index contributed by atoms with van der Waals surface area (Å²) in [5, 5.41) is 12.7. The van der Waals surface area contributed by atoms with Crippen LogP contribution in [-0.4, -0.2) is 23.2 Å². The molecule has 0 aliphatic carbocycles. The second-order valence-corrected chi connectivity index (χ2v) is 3.79. The van der Waals surface area contributed by atoms with Gasteiger partial charge >= 0.3 is 0 Å². The Morgan fingerprint density at radius 1 is 1.50 bits per heavy atom. The highest BCUT2D eigenvalue weighted by molar-refractivity contribution is 5.85. The molecule has 1 aliphatic rings. The van der Waals surface area contributed by atoms with E-state index in [9.17, 15) is 9.90 Å². The van der Waals surface area contributed by atoms with E-state index < -0.39 is 5.60 Å². The molecule has 3 heteroatoms. The molecule has 0 saturated carbocycles. The number of carbonyl (C=O) groups excluding carboxylic acids is 1. The predicted octanol–water partition coefficient (Wildman–Crippen LogP) is 0.674. The fraction of sp³-hybridized carbons (Fsp3) is 0.889. The first kappa shape index (κ1) is 9.52. The fourth-order valence-corrected chi connectivity index (χ4v) is 1.54. The standard InChI is InChI=1S/C9H17NO2/c1-7(2)9(12)5-3-4-6-10-8(9)11/h7,12H,3-6H2,1-2H3,(H,10,11). The van der Waals surface area contributed by atoms with Crippen molar-refractivity contribution in [1.82, 2.24) is 5.32 Å². The maximum atomic E-state index is 11.4. The first-order valence-corrected chi connectivity index (χ1v) is 4.58. The number of rotatable bonds is 1. The Hall–Kier alpha value is -0.570. The molecule has 1 rings (SSSR count). The fourth-order valence-electron chi connectivity index (χ4n) is 1.54. The highest BCUT2D eigenvalue weighted by atomic mass is 16.3. The van der Waals surface area contributed by atoms with E-state index in [1.807, 2.05) is 13.8 Å². The molecule has 0 spiro atoms. The van der Waals surface area contributed by atoms with Crippen LogP contribution in [0.15, 0.2) is 0 Å². The van der Waals surface area contributed by atoms with Crippen LogP contribution in [0.4, 0.5) is 0 Å². The van der Waals surface area contributed by atoms with Crippen molar-refractivity contribution < 1.29 is 9.90 Å². The lowest BCUT2D eigenvalue weighted by Crippen LogP contribution is -2.49. The first-order chi connectivity index (χ1) is 5.57. The van der Waals surface area contributed by atoms with E-state index in [2.05, 4.69) is 5.32 Å². The topological polar surface area (TPSA) is 49.3 Å². The van der Waals surface area contributed by atoms with Gasteiger partial charge in [-0.25, -0.2) is 0 Å². The molecule has 2 N–H and O–H groups in total. The summed E-state index contributed by atoms with van der Waals surface area (Å²) in [7, 11) is 0. The van der Waals surface area contributed by atoms with Crippen LogP contribution in [-0.2, 0) is 4.79 Å². The van der Waals surface area contributed by atoms with E-state index in [0.717, 1.165) is 12.8 Å². The van der Waals surface area contributed by atoms with Crippen molar-refractivity contribution in [2.45, 2.75) is 38.7 Å². The van der Waals surface area contributed by atoms with Crippen LogP contribution in [0.5, 0.6) is 0 Å². The van der Waals surface area contributed by atoms with Gasteiger partial charge in [-0.2, -0.15) is 0 Å². The maximum Gasteiger partial charge on any atom is 0.252 e. The lowest BCUT2D eigenvalue weighted by Gasteiger charge is -2.28. The lowest BCUT2D eigenvalue weighted by atomic mass is 9.85. The van der Waals surface area contributed by atoms with Crippen LogP contribution in [0.25, 0.3) is 0 Å². The molecule has 0 aromatic heterocycles. The van der Waals surface area contributed by atoms with E-state index in [-0.39, 0.29) is 11.8 Å². The Bertz CT molecular complexity index is 179. The van der Waals surface area contributed by atoms with Gasteiger partial charge in [0.05, 0.1) is 0 Å². The summed E-state index contributed by atoms with van der Waals surface area (Å²) in [6.07, 6.45) is 2.49. The molecule has 0 radical (unpaired) electrons. The molecular formula is C9H17NO2. The zero-order chi connectivity index (χ0) is 9.19. The first-order valence-electron chi connectivity index (χ1n) is 4.58. The van der Waals surface area contributed by atoms with Gasteiger partial charge in [-0.3, -0.25) is 4.79 Å². The van der Waals surface area contributed by atoms with E-state index in [1.165, 1.54) is 0 Å². The van der Waals surface area contributed by atoms with Crippen molar-refractivity contribution in [3.8, 4) is 0 Å². The quantitative estimate of drug-likeness (QED) is 0.609. The molecule has 0 aromatic rings. The summed E-state index contributed by atoms with van der Waals surface area (Å²) in [5.41, 5.74) is -1.13. The Morgan fingerprint density at radius 2 is 2.17 bits per heavy atom. The van der Waals surface area contributed by atoms with E-state index >= 15 is 0 Å². The molecule has 1 heterocycles. The van der Waals surface area contributed by atoms with Gasteiger partial charge in [0.2, 0.25) is 0 Å². The monoisotopic (exact) mass is 171 g/mol. The second kappa shape index (κ2) is 3.44. The highest BCUT2D eigenvalue weighted by Crippen LogP contribution is 2.25. The van der Waals surface area contributed by atoms with E-state index in [1.54, 1.807) is 0 Å². The molecule has 1 aliphatic heterocycles. The van der Waals surface area contributed by atoms with Crippen molar-refractivity contribution in [2.75, 3.05) is 6.54 Å². The number of hydrogen-bond donors (Lipinski definition) is 2. The molecule has 12 heavy (non-hydrogen) atoms. The Labute approximate surface area is 73.2 Å². The van der Waals surface area contributed by atoms with Crippen LogP contribution >= 0.6 is 0 Å². The summed E-state index contributed by atoms with van der Waals surface area (Å²) in [4.78, 5) is 11.4. The number of aliphatic hydroxyl groups is 1. The third-order valence-corrected chi connectivity index (χ3v) is 2.62.